The Balaban J connectivity index is 2.07. The van der Waals surface area contributed by atoms with Crippen LogP contribution < -0.4 is 0 Å². The maximum absolute atomic E-state index is 11.1. The van der Waals surface area contributed by atoms with Gasteiger partial charge in [0, 0.05) is 10.9 Å². The van der Waals surface area contributed by atoms with Gasteiger partial charge in [0.1, 0.15) is 12.0 Å². The van der Waals surface area contributed by atoms with Crippen LogP contribution in [0.25, 0.3) is 11.0 Å². The Hall–Kier alpha value is -2.21. The van der Waals surface area contributed by atoms with Crippen LogP contribution in [0.15, 0.2) is 34.9 Å². The van der Waals surface area contributed by atoms with E-state index in [9.17, 15) is 4.79 Å². The largest absolute Gasteiger partial charge is 0.465 e. The monoisotopic (exact) mass is 228 g/mol. The summed E-state index contributed by atoms with van der Waals surface area (Å²) >= 11 is 0. The van der Waals surface area contributed by atoms with Crippen molar-refractivity contribution in [2.24, 2.45) is 0 Å². The van der Waals surface area contributed by atoms with Crippen molar-refractivity contribution in [2.45, 2.75) is 13.3 Å². The van der Waals surface area contributed by atoms with Crippen LogP contribution >= 0.6 is 0 Å². The highest BCUT2D eigenvalue weighted by molar-refractivity contribution is 5.79. The van der Waals surface area contributed by atoms with Gasteiger partial charge >= 0.3 is 5.97 Å². The van der Waals surface area contributed by atoms with E-state index in [2.05, 4.69) is 11.8 Å². The van der Waals surface area contributed by atoms with Crippen molar-refractivity contribution >= 4 is 16.9 Å². The number of carbonyl (C=O) groups is 1. The van der Waals surface area contributed by atoms with E-state index in [0.29, 0.717) is 6.61 Å². The Morgan fingerprint density at radius 3 is 3.12 bits per heavy atom. The predicted molar refractivity (Wildman–Crippen MR) is 64.3 cm³/mol. The van der Waals surface area contributed by atoms with Crippen LogP contribution in [0.3, 0.4) is 0 Å². The summed E-state index contributed by atoms with van der Waals surface area (Å²) in [6.45, 7) is 2.17. The summed E-state index contributed by atoms with van der Waals surface area (Å²) in [5, 5.41) is 1.01. The van der Waals surface area contributed by atoms with Gasteiger partial charge in [0.2, 0.25) is 0 Å². The van der Waals surface area contributed by atoms with Crippen molar-refractivity contribution in [1.82, 2.24) is 0 Å². The van der Waals surface area contributed by atoms with Crippen LogP contribution in [-0.2, 0) is 9.53 Å². The molecule has 2 rings (SSSR count). The van der Waals surface area contributed by atoms with Crippen LogP contribution in [0.4, 0.5) is 0 Å². The fourth-order valence-electron chi connectivity index (χ4n) is 1.47. The average molecular weight is 228 g/mol. The van der Waals surface area contributed by atoms with Crippen molar-refractivity contribution in [1.29, 1.82) is 0 Å². The number of carbonyl (C=O) groups excluding carboxylic acids is 1. The maximum Gasteiger partial charge on any atom is 0.317 e. The molecule has 0 bridgehead atoms. The number of rotatable bonds is 2. The molecule has 0 fully saturated rings. The van der Waals surface area contributed by atoms with Gasteiger partial charge in [0.15, 0.2) is 0 Å². The quantitative estimate of drug-likeness (QED) is 0.586. The molecule has 1 aromatic carbocycles. The molecule has 0 amide bonds. The average Bonchev–Trinajstić information content (AvgIpc) is 2.76. The van der Waals surface area contributed by atoms with E-state index in [4.69, 9.17) is 9.15 Å². The maximum atomic E-state index is 11.1. The molecular weight excluding hydrogens is 216 g/mol. The summed E-state index contributed by atoms with van der Waals surface area (Å²) in [5.74, 6) is 5.42. The fourth-order valence-corrected chi connectivity index (χ4v) is 1.47. The molecular formula is C14H12O3. The summed E-state index contributed by atoms with van der Waals surface area (Å²) < 4.78 is 10.0. The molecule has 3 nitrogen and oxygen atoms in total. The molecule has 0 saturated heterocycles. The molecule has 3 heteroatoms. The number of benzene rings is 1. The van der Waals surface area contributed by atoms with Gasteiger partial charge in [-0.3, -0.25) is 4.79 Å². The SMILES string of the molecule is CCOC(=O)CC#Cc1ccc2occc2c1. The van der Waals surface area contributed by atoms with E-state index in [1.807, 2.05) is 24.3 Å². The molecule has 0 aliphatic heterocycles. The van der Waals surface area contributed by atoms with E-state index < -0.39 is 0 Å². The third-order valence-electron chi connectivity index (χ3n) is 2.22. The van der Waals surface area contributed by atoms with Gasteiger partial charge in [-0.1, -0.05) is 11.8 Å². The molecule has 2 aromatic rings. The van der Waals surface area contributed by atoms with Crippen LogP contribution in [0.2, 0.25) is 0 Å². The Kier molecular flexibility index (Phi) is 3.46. The molecule has 0 N–H and O–H groups in total. The van der Waals surface area contributed by atoms with E-state index in [0.717, 1.165) is 16.5 Å². The summed E-state index contributed by atoms with van der Waals surface area (Å²) in [5.41, 5.74) is 1.70. The number of ether oxygens (including phenoxy) is 1. The van der Waals surface area contributed by atoms with E-state index in [1.54, 1.807) is 13.2 Å². The topological polar surface area (TPSA) is 39.4 Å². The molecule has 1 aromatic heterocycles. The van der Waals surface area contributed by atoms with Crippen molar-refractivity contribution in [3.05, 3.63) is 36.1 Å². The van der Waals surface area contributed by atoms with Crippen molar-refractivity contribution in [2.75, 3.05) is 6.61 Å². The first-order valence-corrected chi connectivity index (χ1v) is 5.41. The van der Waals surface area contributed by atoms with Crippen molar-refractivity contribution < 1.29 is 13.9 Å². The van der Waals surface area contributed by atoms with Crippen LogP contribution in [0.1, 0.15) is 18.9 Å². The number of esters is 1. The highest BCUT2D eigenvalue weighted by atomic mass is 16.5. The Labute approximate surface area is 99.4 Å². The van der Waals surface area contributed by atoms with E-state index in [-0.39, 0.29) is 12.4 Å². The lowest BCUT2D eigenvalue weighted by atomic mass is 10.1. The van der Waals surface area contributed by atoms with Gasteiger partial charge in [-0.25, -0.2) is 0 Å². The highest BCUT2D eigenvalue weighted by Gasteiger charge is 1.98. The molecule has 86 valence electrons. The summed E-state index contributed by atoms with van der Waals surface area (Å²) in [6.07, 6.45) is 1.76. The second-order valence-electron chi connectivity index (χ2n) is 3.46. The molecule has 0 aliphatic rings. The molecule has 0 saturated carbocycles. The van der Waals surface area contributed by atoms with Gasteiger partial charge in [-0.2, -0.15) is 0 Å². The van der Waals surface area contributed by atoms with Gasteiger partial charge in [-0.05, 0) is 31.2 Å². The minimum atomic E-state index is -0.288. The minimum Gasteiger partial charge on any atom is -0.465 e. The third kappa shape index (κ3) is 2.88. The molecule has 0 unspecified atom stereocenters. The first-order chi connectivity index (χ1) is 8.29. The van der Waals surface area contributed by atoms with Gasteiger partial charge in [0.25, 0.3) is 0 Å². The zero-order valence-electron chi connectivity index (χ0n) is 9.53. The first kappa shape index (κ1) is 11.3. The van der Waals surface area contributed by atoms with E-state index >= 15 is 0 Å². The smallest absolute Gasteiger partial charge is 0.317 e. The summed E-state index contributed by atoms with van der Waals surface area (Å²) in [7, 11) is 0. The summed E-state index contributed by atoms with van der Waals surface area (Å²) in [6, 6.07) is 7.54. The zero-order chi connectivity index (χ0) is 12.1. The molecule has 0 spiro atoms. The zero-order valence-corrected chi connectivity index (χ0v) is 9.53. The Bertz CT molecular complexity index is 584. The molecule has 17 heavy (non-hydrogen) atoms. The Morgan fingerprint density at radius 1 is 1.41 bits per heavy atom. The van der Waals surface area contributed by atoms with E-state index in [1.165, 1.54) is 0 Å². The highest BCUT2D eigenvalue weighted by Crippen LogP contribution is 2.16. The normalized spacial score (nSPS) is 9.71. The van der Waals surface area contributed by atoms with Crippen molar-refractivity contribution in [3.8, 4) is 11.8 Å². The number of hydrogen-bond donors (Lipinski definition) is 0. The van der Waals surface area contributed by atoms with Crippen LogP contribution in [-0.4, -0.2) is 12.6 Å². The molecule has 0 atom stereocenters. The number of hydrogen-bond acceptors (Lipinski definition) is 3. The van der Waals surface area contributed by atoms with Crippen molar-refractivity contribution in [3.63, 3.8) is 0 Å². The standard InChI is InChI=1S/C14H12O3/c1-2-16-14(15)5-3-4-11-6-7-13-12(10-11)8-9-17-13/h6-10H,2,5H2,1H3. The molecule has 0 aliphatic carbocycles. The fraction of sp³-hybridized carbons (Fsp3) is 0.214. The van der Waals surface area contributed by atoms with Crippen LogP contribution in [0, 0.1) is 11.8 Å². The van der Waals surface area contributed by atoms with Gasteiger partial charge < -0.3 is 9.15 Å². The number of furan rings is 1. The predicted octanol–water partition coefficient (Wildman–Crippen LogP) is 2.74. The number of fused-ring (bicyclic) bond motifs is 1. The van der Waals surface area contributed by atoms with Crippen LogP contribution in [0.5, 0.6) is 0 Å². The lowest BCUT2D eigenvalue weighted by Gasteiger charge is -1.95. The first-order valence-electron chi connectivity index (χ1n) is 5.41. The lowest BCUT2D eigenvalue weighted by molar-refractivity contribution is -0.141. The van der Waals surface area contributed by atoms with Gasteiger partial charge in [-0.15, -0.1) is 0 Å². The lowest BCUT2D eigenvalue weighted by Crippen LogP contribution is -2.01. The van der Waals surface area contributed by atoms with Gasteiger partial charge in [0.05, 0.1) is 12.9 Å². The minimum absolute atomic E-state index is 0.122. The second kappa shape index (κ2) is 5.22. The molecule has 0 radical (unpaired) electrons. The molecule has 1 heterocycles. The summed E-state index contributed by atoms with van der Waals surface area (Å²) in [4.78, 5) is 11.1. The third-order valence-corrected chi connectivity index (χ3v) is 2.22. The second-order valence-corrected chi connectivity index (χ2v) is 3.46. The Morgan fingerprint density at radius 2 is 2.29 bits per heavy atom.